The number of ether oxygens (including phenoxy) is 1. The van der Waals surface area contributed by atoms with Crippen molar-refractivity contribution < 1.29 is 14.2 Å². The van der Waals surface area contributed by atoms with E-state index in [-0.39, 0.29) is 0 Å². The summed E-state index contributed by atoms with van der Waals surface area (Å²) in [7, 11) is 1.49. The minimum Gasteiger partial charge on any atom is -0.497 e. The highest BCUT2D eigenvalue weighted by Crippen LogP contribution is 2.25. The Bertz CT molecular complexity index is 337. The maximum Gasteiger partial charge on any atom is 0.132 e. The molecule has 1 aromatic rings. The SMILES string of the molecule is COc1ccc(C(O)CCC(C)C)c(F)c1. The Morgan fingerprint density at radius 2 is 2.00 bits per heavy atom. The fraction of sp³-hybridized carbons (Fsp3) is 0.538. The third-order valence-electron chi connectivity index (χ3n) is 2.58. The quantitative estimate of drug-likeness (QED) is 0.834. The summed E-state index contributed by atoms with van der Waals surface area (Å²) in [6.45, 7) is 4.16. The van der Waals surface area contributed by atoms with Gasteiger partial charge in [0.1, 0.15) is 11.6 Å². The van der Waals surface area contributed by atoms with Crippen LogP contribution in [0, 0.1) is 11.7 Å². The molecule has 0 saturated heterocycles. The van der Waals surface area contributed by atoms with Gasteiger partial charge < -0.3 is 9.84 Å². The van der Waals surface area contributed by atoms with Gasteiger partial charge in [-0.3, -0.25) is 0 Å². The van der Waals surface area contributed by atoms with E-state index in [1.165, 1.54) is 13.2 Å². The predicted molar refractivity (Wildman–Crippen MR) is 62.0 cm³/mol. The van der Waals surface area contributed by atoms with Gasteiger partial charge in [0.2, 0.25) is 0 Å². The molecule has 1 atom stereocenters. The number of hydrogen-bond donors (Lipinski definition) is 1. The van der Waals surface area contributed by atoms with Gasteiger partial charge in [-0.2, -0.15) is 0 Å². The lowest BCUT2D eigenvalue weighted by Crippen LogP contribution is -2.03. The van der Waals surface area contributed by atoms with Gasteiger partial charge in [0, 0.05) is 11.6 Å². The normalized spacial score (nSPS) is 12.9. The topological polar surface area (TPSA) is 29.5 Å². The Labute approximate surface area is 96.1 Å². The average Bonchev–Trinajstić information content (AvgIpc) is 2.25. The number of hydrogen-bond acceptors (Lipinski definition) is 2. The average molecular weight is 226 g/mol. The summed E-state index contributed by atoms with van der Waals surface area (Å²) < 4.78 is 18.5. The number of aliphatic hydroxyl groups excluding tert-OH is 1. The van der Waals surface area contributed by atoms with Crippen LogP contribution in [-0.4, -0.2) is 12.2 Å². The van der Waals surface area contributed by atoms with Crippen LogP contribution in [0.25, 0.3) is 0 Å². The standard InChI is InChI=1S/C13H19FO2/c1-9(2)4-7-13(15)11-6-5-10(16-3)8-12(11)14/h5-6,8-9,13,15H,4,7H2,1-3H3. The first kappa shape index (κ1) is 13.0. The van der Waals surface area contributed by atoms with Gasteiger partial charge in [-0.25, -0.2) is 4.39 Å². The molecule has 0 aromatic heterocycles. The number of halogens is 1. The second-order valence-electron chi connectivity index (χ2n) is 4.37. The molecule has 0 heterocycles. The molecule has 1 rings (SSSR count). The van der Waals surface area contributed by atoms with Crippen molar-refractivity contribution in [2.45, 2.75) is 32.8 Å². The molecule has 0 saturated carbocycles. The van der Waals surface area contributed by atoms with Gasteiger partial charge in [-0.05, 0) is 30.9 Å². The second-order valence-corrected chi connectivity index (χ2v) is 4.37. The van der Waals surface area contributed by atoms with Gasteiger partial charge in [0.15, 0.2) is 0 Å². The zero-order valence-electron chi connectivity index (χ0n) is 10.0. The van der Waals surface area contributed by atoms with E-state index in [1.807, 2.05) is 0 Å². The first-order chi connectivity index (χ1) is 7.54. The lowest BCUT2D eigenvalue weighted by molar-refractivity contribution is 0.154. The van der Waals surface area contributed by atoms with Gasteiger partial charge in [-0.1, -0.05) is 13.8 Å². The molecule has 3 heteroatoms. The van der Waals surface area contributed by atoms with Crippen molar-refractivity contribution in [3.8, 4) is 5.75 Å². The van der Waals surface area contributed by atoms with Crippen molar-refractivity contribution in [1.82, 2.24) is 0 Å². The molecule has 0 radical (unpaired) electrons. The molecule has 1 N–H and O–H groups in total. The van der Waals surface area contributed by atoms with E-state index in [0.29, 0.717) is 23.7 Å². The van der Waals surface area contributed by atoms with Crippen molar-refractivity contribution in [2.24, 2.45) is 5.92 Å². The van der Waals surface area contributed by atoms with Crippen LogP contribution in [0.15, 0.2) is 18.2 Å². The Balaban J connectivity index is 2.71. The van der Waals surface area contributed by atoms with Gasteiger partial charge in [-0.15, -0.1) is 0 Å². The van der Waals surface area contributed by atoms with Crippen LogP contribution in [0.1, 0.15) is 38.4 Å². The van der Waals surface area contributed by atoms with Crippen molar-refractivity contribution in [1.29, 1.82) is 0 Å². The summed E-state index contributed by atoms with van der Waals surface area (Å²) in [5.74, 6) is 0.573. The molecule has 16 heavy (non-hydrogen) atoms. The summed E-state index contributed by atoms with van der Waals surface area (Å²) >= 11 is 0. The molecule has 0 aliphatic heterocycles. The second kappa shape index (κ2) is 5.85. The van der Waals surface area contributed by atoms with E-state index >= 15 is 0 Å². The molecular weight excluding hydrogens is 207 g/mol. The van der Waals surface area contributed by atoms with Crippen molar-refractivity contribution in [3.05, 3.63) is 29.6 Å². The van der Waals surface area contributed by atoms with Crippen LogP contribution in [-0.2, 0) is 0 Å². The highest BCUT2D eigenvalue weighted by molar-refractivity contribution is 5.30. The first-order valence-electron chi connectivity index (χ1n) is 5.56. The van der Waals surface area contributed by atoms with E-state index < -0.39 is 11.9 Å². The smallest absolute Gasteiger partial charge is 0.132 e. The van der Waals surface area contributed by atoms with Crippen LogP contribution in [0.4, 0.5) is 4.39 Å². The molecular formula is C13H19FO2. The summed E-state index contributed by atoms with van der Waals surface area (Å²) in [5, 5.41) is 9.83. The molecule has 0 fully saturated rings. The Kier molecular flexibility index (Phi) is 4.74. The molecule has 0 amide bonds. The van der Waals surface area contributed by atoms with Crippen LogP contribution in [0.3, 0.4) is 0 Å². The molecule has 1 aromatic carbocycles. The number of rotatable bonds is 5. The minimum atomic E-state index is -0.728. The zero-order chi connectivity index (χ0) is 12.1. The highest BCUT2D eigenvalue weighted by atomic mass is 19.1. The van der Waals surface area contributed by atoms with Crippen LogP contribution in [0.2, 0.25) is 0 Å². The largest absolute Gasteiger partial charge is 0.497 e. The summed E-state index contributed by atoms with van der Waals surface area (Å²) in [6, 6.07) is 4.55. The van der Waals surface area contributed by atoms with Crippen LogP contribution in [0.5, 0.6) is 5.75 Å². The molecule has 2 nitrogen and oxygen atoms in total. The van der Waals surface area contributed by atoms with Crippen molar-refractivity contribution in [2.75, 3.05) is 7.11 Å². The fourth-order valence-corrected chi connectivity index (χ4v) is 1.55. The molecule has 0 aliphatic carbocycles. The van der Waals surface area contributed by atoms with E-state index in [1.54, 1.807) is 12.1 Å². The molecule has 1 unspecified atom stereocenters. The third kappa shape index (κ3) is 3.49. The Morgan fingerprint density at radius 3 is 2.50 bits per heavy atom. The predicted octanol–water partition coefficient (Wildman–Crippen LogP) is 3.30. The van der Waals surface area contributed by atoms with Gasteiger partial charge in [0.05, 0.1) is 13.2 Å². The molecule has 0 spiro atoms. The van der Waals surface area contributed by atoms with Gasteiger partial charge >= 0.3 is 0 Å². The van der Waals surface area contributed by atoms with E-state index in [0.717, 1.165) is 6.42 Å². The number of benzene rings is 1. The maximum absolute atomic E-state index is 13.6. The van der Waals surface area contributed by atoms with Crippen LogP contribution >= 0.6 is 0 Å². The maximum atomic E-state index is 13.6. The third-order valence-corrected chi connectivity index (χ3v) is 2.58. The lowest BCUT2D eigenvalue weighted by atomic mass is 9.99. The van der Waals surface area contributed by atoms with Gasteiger partial charge in [0.25, 0.3) is 0 Å². The summed E-state index contributed by atoms with van der Waals surface area (Å²) in [4.78, 5) is 0. The minimum absolute atomic E-state index is 0.349. The number of methoxy groups -OCH3 is 1. The fourth-order valence-electron chi connectivity index (χ4n) is 1.55. The van der Waals surface area contributed by atoms with E-state index in [2.05, 4.69) is 13.8 Å². The van der Waals surface area contributed by atoms with Crippen molar-refractivity contribution in [3.63, 3.8) is 0 Å². The molecule has 0 bridgehead atoms. The van der Waals surface area contributed by atoms with E-state index in [9.17, 15) is 9.50 Å². The zero-order valence-corrected chi connectivity index (χ0v) is 10.0. The first-order valence-corrected chi connectivity index (χ1v) is 5.56. The number of aliphatic hydroxyl groups is 1. The summed E-state index contributed by atoms with van der Waals surface area (Å²) in [6.07, 6.45) is 0.737. The highest BCUT2D eigenvalue weighted by Gasteiger charge is 2.13. The molecule has 0 aliphatic rings. The Morgan fingerprint density at radius 1 is 1.31 bits per heavy atom. The van der Waals surface area contributed by atoms with E-state index in [4.69, 9.17) is 4.74 Å². The monoisotopic (exact) mass is 226 g/mol. The molecule has 90 valence electrons. The van der Waals surface area contributed by atoms with Crippen LogP contribution < -0.4 is 4.74 Å². The van der Waals surface area contributed by atoms with Crippen molar-refractivity contribution >= 4 is 0 Å². The Hall–Kier alpha value is -1.09. The lowest BCUT2D eigenvalue weighted by Gasteiger charge is -2.13. The summed E-state index contributed by atoms with van der Waals surface area (Å²) in [5.41, 5.74) is 0.349.